The van der Waals surface area contributed by atoms with Crippen molar-refractivity contribution in [1.82, 2.24) is 16.0 Å². The summed E-state index contributed by atoms with van der Waals surface area (Å²) < 4.78 is 40.5. The van der Waals surface area contributed by atoms with Gasteiger partial charge < -0.3 is 36.3 Å². The highest BCUT2D eigenvalue weighted by molar-refractivity contribution is 5.86. The quantitative estimate of drug-likeness (QED) is 0.174. The molecule has 0 spiro atoms. The summed E-state index contributed by atoms with van der Waals surface area (Å²) in [6, 6.07) is 9.57. The van der Waals surface area contributed by atoms with Crippen LogP contribution in [0.25, 0.3) is 0 Å². The van der Waals surface area contributed by atoms with Crippen LogP contribution in [-0.2, 0) is 33.7 Å². The van der Waals surface area contributed by atoms with E-state index >= 15 is 0 Å². The van der Waals surface area contributed by atoms with Crippen LogP contribution in [0.15, 0.2) is 42.5 Å². The van der Waals surface area contributed by atoms with Crippen molar-refractivity contribution < 1.29 is 33.0 Å². The molecule has 2 aromatic rings. The summed E-state index contributed by atoms with van der Waals surface area (Å²) in [7, 11) is 1.40. The van der Waals surface area contributed by atoms with E-state index in [1.807, 2.05) is 18.2 Å². The van der Waals surface area contributed by atoms with Gasteiger partial charge in [-0.2, -0.15) is 0 Å². The standard InChI is InChI=1S/C33H48F2N4O5/c1-4-6-11-32(43-14-8-15-44-32)12-13-33(30(40)41,39-31(42)37-3)28(22-38-21-24-10-7-9-23(5-2)16-24)29(36)19-25-17-26(34)20-27(35)18-25/h7,9-10,16-18,20,28-29,38H,4-6,8,11-15,19,21-22,36H2,1-3H3,(H,40,41)(H2,37,39,42)/t28-,29?,33+/m1/s1. The number of unbranched alkanes of at least 4 members (excludes halogenated alkanes) is 1. The zero-order chi connectivity index (χ0) is 32.2. The Hall–Kier alpha value is -3.12. The van der Waals surface area contributed by atoms with E-state index in [-0.39, 0.29) is 31.4 Å². The maximum absolute atomic E-state index is 14.1. The molecule has 11 heteroatoms. The lowest BCUT2D eigenvalue weighted by molar-refractivity contribution is -0.276. The van der Waals surface area contributed by atoms with E-state index in [1.165, 1.54) is 19.2 Å². The lowest BCUT2D eigenvalue weighted by Gasteiger charge is -2.44. The molecule has 0 bridgehead atoms. The first-order valence-electron chi connectivity index (χ1n) is 15.6. The van der Waals surface area contributed by atoms with Gasteiger partial charge in [0.2, 0.25) is 0 Å². The van der Waals surface area contributed by atoms with Crippen molar-refractivity contribution in [2.45, 2.75) is 89.1 Å². The molecule has 0 aliphatic carbocycles. The van der Waals surface area contributed by atoms with Crippen LogP contribution in [0.1, 0.15) is 69.1 Å². The second-order valence-electron chi connectivity index (χ2n) is 11.6. The SMILES string of the molecule is CCCCC1(CC[C@@](NC(=O)NC)(C(=O)O)[C@H](CNCc2cccc(CC)c2)C(N)Cc2cc(F)cc(F)c2)OCCCO1. The Morgan fingerprint density at radius 2 is 1.73 bits per heavy atom. The maximum atomic E-state index is 14.1. The first-order valence-corrected chi connectivity index (χ1v) is 15.6. The number of aryl methyl sites for hydroxylation is 1. The minimum absolute atomic E-state index is 0.0230. The van der Waals surface area contributed by atoms with E-state index in [0.717, 1.165) is 42.9 Å². The average Bonchev–Trinajstić information content (AvgIpc) is 3.00. The van der Waals surface area contributed by atoms with Gasteiger partial charge in [0, 0.05) is 51.0 Å². The van der Waals surface area contributed by atoms with E-state index in [1.54, 1.807) is 0 Å². The van der Waals surface area contributed by atoms with Gasteiger partial charge in [0.05, 0.1) is 13.2 Å². The Morgan fingerprint density at radius 1 is 1.05 bits per heavy atom. The molecule has 3 rings (SSSR count). The molecule has 1 heterocycles. The molecule has 1 fully saturated rings. The molecule has 2 amide bonds. The summed E-state index contributed by atoms with van der Waals surface area (Å²) in [6.45, 7) is 5.61. The van der Waals surface area contributed by atoms with Crippen LogP contribution in [0.3, 0.4) is 0 Å². The normalized spacial score (nSPS) is 17.3. The molecular weight excluding hydrogens is 570 g/mol. The molecule has 244 valence electrons. The number of nitrogens with two attached hydrogens (primary N) is 1. The van der Waals surface area contributed by atoms with E-state index in [9.17, 15) is 23.5 Å². The molecule has 1 saturated heterocycles. The van der Waals surface area contributed by atoms with E-state index in [2.05, 4.69) is 35.9 Å². The first-order chi connectivity index (χ1) is 21.1. The number of carbonyl (C=O) groups excluding carboxylic acids is 1. The number of ether oxygens (including phenoxy) is 2. The molecule has 3 atom stereocenters. The molecule has 0 aromatic heterocycles. The van der Waals surface area contributed by atoms with Crippen LogP contribution >= 0.6 is 0 Å². The van der Waals surface area contributed by atoms with Crippen LogP contribution in [0.2, 0.25) is 0 Å². The molecule has 2 aromatic carbocycles. The Labute approximate surface area is 259 Å². The smallest absolute Gasteiger partial charge is 0.329 e. The van der Waals surface area contributed by atoms with Gasteiger partial charge in [-0.25, -0.2) is 18.4 Å². The number of urea groups is 1. The Balaban J connectivity index is 2.00. The van der Waals surface area contributed by atoms with Gasteiger partial charge in [-0.15, -0.1) is 0 Å². The van der Waals surface area contributed by atoms with Crippen molar-refractivity contribution in [1.29, 1.82) is 0 Å². The van der Waals surface area contributed by atoms with Crippen molar-refractivity contribution in [2.24, 2.45) is 11.7 Å². The Morgan fingerprint density at radius 3 is 2.34 bits per heavy atom. The maximum Gasteiger partial charge on any atom is 0.329 e. The van der Waals surface area contributed by atoms with Gasteiger partial charge >= 0.3 is 12.0 Å². The fourth-order valence-corrected chi connectivity index (χ4v) is 5.95. The van der Waals surface area contributed by atoms with Gasteiger partial charge in [0.15, 0.2) is 5.79 Å². The minimum atomic E-state index is -1.88. The number of aliphatic carboxylic acids is 1. The molecule has 0 saturated carbocycles. The molecule has 44 heavy (non-hydrogen) atoms. The van der Waals surface area contributed by atoms with Crippen molar-refractivity contribution in [3.8, 4) is 0 Å². The number of carboxylic acid groups (broad SMARTS) is 1. The summed E-state index contributed by atoms with van der Waals surface area (Å²) in [4.78, 5) is 26.2. The van der Waals surface area contributed by atoms with Gasteiger partial charge in [-0.3, -0.25) is 0 Å². The van der Waals surface area contributed by atoms with Crippen molar-refractivity contribution in [3.05, 3.63) is 70.8 Å². The number of amides is 2. The largest absolute Gasteiger partial charge is 0.479 e. The number of halogens is 2. The Kier molecular flexibility index (Phi) is 13.5. The number of carbonyl (C=O) groups is 2. The van der Waals surface area contributed by atoms with Gasteiger partial charge in [-0.05, 0) is 60.9 Å². The molecule has 6 N–H and O–H groups in total. The van der Waals surface area contributed by atoms with E-state index < -0.39 is 46.9 Å². The summed E-state index contributed by atoms with van der Waals surface area (Å²) in [5.41, 5.74) is 7.33. The molecule has 1 aliphatic heterocycles. The van der Waals surface area contributed by atoms with Crippen LogP contribution in [0.5, 0.6) is 0 Å². The fraction of sp³-hybridized carbons (Fsp3) is 0.576. The minimum Gasteiger partial charge on any atom is -0.479 e. The van der Waals surface area contributed by atoms with Crippen LogP contribution in [-0.4, -0.2) is 61.3 Å². The molecule has 1 unspecified atom stereocenters. The number of hydrogen-bond acceptors (Lipinski definition) is 6. The van der Waals surface area contributed by atoms with Crippen LogP contribution in [0.4, 0.5) is 13.6 Å². The van der Waals surface area contributed by atoms with Crippen molar-refractivity contribution in [3.63, 3.8) is 0 Å². The van der Waals surface area contributed by atoms with E-state index in [0.29, 0.717) is 26.2 Å². The van der Waals surface area contributed by atoms with Crippen molar-refractivity contribution in [2.75, 3.05) is 26.8 Å². The van der Waals surface area contributed by atoms with Gasteiger partial charge in [0.25, 0.3) is 0 Å². The number of hydrogen-bond donors (Lipinski definition) is 5. The zero-order valence-electron chi connectivity index (χ0n) is 26.1. The molecule has 9 nitrogen and oxygen atoms in total. The van der Waals surface area contributed by atoms with Crippen LogP contribution in [0, 0.1) is 17.6 Å². The molecular formula is C33H48F2N4O5. The summed E-state index contributed by atoms with van der Waals surface area (Å²) in [5.74, 6) is -4.69. The number of nitrogens with one attached hydrogen (secondary N) is 3. The highest BCUT2D eigenvalue weighted by Gasteiger charge is 2.51. The molecule has 1 aliphatic rings. The number of benzene rings is 2. The van der Waals surface area contributed by atoms with E-state index in [4.69, 9.17) is 15.2 Å². The second kappa shape index (κ2) is 16.8. The van der Waals surface area contributed by atoms with Gasteiger partial charge in [0.1, 0.15) is 17.2 Å². The third kappa shape index (κ3) is 9.69. The number of carboxylic acids is 1. The van der Waals surface area contributed by atoms with Crippen molar-refractivity contribution >= 4 is 12.0 Å². The molecule has 0 radical (unpaired) electrons. The zero-order valence-corrected chi connectivity index (χ0v) is 26.1. The predicted octanol–water partition coefficient (Wildman–Crippen LogP) is 4.66. The average molecular weight is 619 g/mol. The Bertz CT molecular complexity index is 1210. The summed E-state index contributed by atoms with van der Waals surface area (Å²) >= 11 is 0. The fourth-order valence-electron chi connectivity index (χ4n) is 5.95. The topological polar surface area (TPSA) is 135 Å². The van der Waals surface area contributed by atoms with Crippen LogP contribution < -0.4 is 21.7 Å². The predicted molar refractivity (Wildman–Crippen MR) is 165 cm³/mol. The highest BCUT2D eigenvalue weighted by atomic mass is 19.1. The monoisotopic (exact) mass is 618 g/mol. The van der Waals surface area contributed by atoms with Gasteiger partial charge in [-0.1, -0.05) is 44.5 Å². The lowest BCUT2D eigenvalue weighted by atomic mass is 9.73. The summed E-state index contributed by atoms with van der Waals surface area (Å²) in [5, 5.41) is 19.4. The highest BCUT2D eigenvalue weighted by Crippen LogP contribution is 2.36. The first kappa shape index (κ1) is 35.4. The second-order valence-corrected chi connectivity index (χ2v) is 11.6. The number of rotatable bonds is 17. The third-order valence-electron chi connectivity index (χ3n) is 8.41. The lowest BCUT2D eigenvalue weighted by Crippen LogP contribution is -2.67. The third-order valence-corrected chi connectivity index (χ3v) is 8.41. The summed E-state index contributed by atoms with van der Waals surface area (Å²) in [6.07, 6.45) is 4.01.